The summed E-state index contributed by atoms with van der Waals surface area (Å²) >= 11 is 7.59. The average Bonchev–Trinajstić information content (AvgIpc) is 3.12. The normalized spacial score (nSPS) is 18.7. The van der Waals surface area contributed by atoms with Crippen LogP contribution in [0.15, 0.2) is 54.6 Å². The molecule has 0 bridgehead atoms. The van der Waals surface area contributed by atoms with Crippen molar-refractivity contribution in [2.24, 2.45) is 0 Å². The van der Waals surface area contributed by atoms with Gasteiger partial charge in [-0.15, -0.1) is 11.8 Å². The van der Waals surface area contributed by atoms with Gasteiger partial charge in [-0.3, -0.25) is 9.59 Å². The maximum atomic E-state index is 13.3. The van der Waals surface area contributed by atoms with Crippen LogP contribution < -0.4 is 10.6 Å². The van der Waals surface area contributed by atoms with Crippen LogP contribution in [0.5, 0.6) is 0 Å². The smallest absolute Gasteiger partial charge is 0.404 e. The largest absolute Gasteiger partial charge is 0.465 e. The Morgan fingerprint density at radius 2 is 1.79 bits per heavy atom. The summed E-state index contributed by atoms with van der Waals surface area (Å²) in [6.45, 7) is 3.90. The van der Waals surface area contributed by atoms with E-state index in [1.54, 1.807) is 42.5 Å². The van der Waals surface area contributed by atoms with Crippen LogP contribution in [0.1, 0.15) is 25.0 Å². The van der Waals surface area contributed by atoms with Crippen molar-refractivity contribution in [2.45, 2.75) is 49.7 Å². The van der Waals surface area contributed by atoms with E-state index >= 15 is 0 Å². The van der Waals surface area contributed by atoms with Crippen LogP contribution in [0.25, 0.3) is 0 Å². The number of hydrogen-bond acceptors (Lipinski definition) is 5. The van der Waals surface area contributed by atoms with Gasteiger partial charge < -0.3 is 25.7 Å². The van der Waals surface area contributed by atoms with Gasteiger partial charge in [-0.05, 0) is 37.5 Å². The summed E-state index contributed by atoms with van der Waals surface area (Å²) in [7, 11) is 0. The molecule has 0 unspecified atom stereocenters. The van der Waals surface area contributed by atoms with Gasteiger partial charge >= 0.3 is 6.09 Å². The van der Waals surface area contributed by atoms with Crippen LogP contribution in [0, 0.1) is 0 Å². The number of thioether (sulfide) groups is 1. The third-order valence-corrected chi connectivity index (χ3v) is 7.47. The summed E-state index contributed by atoms with van der Waals surface area (Å²) in [5, 5.41) is 25.8. The second kappa shape index (κ2) is 11.1. The maximum Gasteiger partial charge on any atom is 0.404 e. The number of benzene rings is 2. The van der Waals surface area contributed by atoms with Gasteiger partial charge in [0.2, 0.25) is 5.91 Å². The van der Waals surface area contributed by atoms with E-state index in [0.717, 1.165) is 11.1 Å². The summed E-state index contributed by atoms with van der Waals surface area (Å²) in [6, 6.07) is 14.2. The van der Waals surface area contributed by atoms with Crippen LogP contribution in [-0.2, 0) is 22.6 Å². The Morgan fingerprint density at radius 1 is 1.15 bits per heavy atom. The number of nitrogens with zero attached hydrogens (tertiary/aromatic N) is 1. The highest BCUT2D eigenvalue weighted by Gasteiger charge is 2.49. The summed E-state index contributed by atoms with van der Waals surface area (Å²) in [6.07, 6.45) is -2.89. The monoisotopic (exact) mass is 505 g/mol. The zero-order valence-electron chi connectivity index (χ0n) is 18.9. The Hall–Kier alpha value is -2.75. The van der Waals surface area contributed by atoms with E-state index < -0.39 is 34.9 Å². The quantitative estimate of drug-likeness (QED) is 0.438. The van der Waals surface area contributed by atoms with Gasteiger partial charge in [-0.2, -0.15) is 0 Å². The molecule has 2 aromatic carbocycles. The fourth-order valence-electron chi connectivity index (χ4n) is 3.94. The summed E-state index contributed by atoms with van der Waals surface area (Å²) < 4.78 is -0.616. The second-order valence-corrected chi connectivity index (χ2v) is 10.6. The molecule has 1 heterocycles. The number of amides is 3. The molecule has 0 spiro atoms. The number of aliphatic hydroxyl groups excluding tert-OH is 1. The second-order valence-electron chi connectivity index (χ2n) is 8.59. The van der Waals surface area contributed by atoms with E-state index in [1.165, 1.54) is 16.7 Å². The Morgan fingerprint density at radius 3 is 2.44 bits per heavy atom. The molecule has 0 aromatic heterocycles. The first kappa shape index (κ1) is 25.9. The van der Waals surface area contributed by atoms with Crippen molar-refractivity contribution in [3.05, 3.63) is 70.7 Å². The highest BCUT2D eigenvalue weighted by atomic mass is 35.5. The van der Waals surface area contributed by atoms with Crippen molar-refractivity contribution >= 4 is 41.3 Å². The molecule has 182 valence electrons. The standard InChI is InChI=1S/C24H28ClN3O5S/c1-24(2)20(21(30)26-13-16-10-6-7-11-17(16)25)28(14-34-24)22(31)19(29)18(27-23(32)33)12-15-8-4-3-5-9-15/h3-11,18-20,27,29H,12-14H2,1-2H3,(H,26,30)(H,32,33)/t18-,19-,20+/m0/s1. The van der Waals surface area contributed by atoms with Crippen molar-refractivity contribution in [2.75, 3.05) is 5.88 Å². The predicted molar refractivity (Wildman–Crippen MR) is 132 cm³/mol. The molecule has 0 aliphatic carbocycles. The Labute approximate surface area is 207 Å². The number of hydrogen-bond donors (Lipinski definition) is 4. The lowest BCUT2D eigenvalue weighted by Crippen LogP contribution is -2.58. The fraction of sp³-hybridized carbons (Fsp3) is 0.375. The van der Waals surface area contributed by atoms with E-state index in [9.17, 15) is 24.6 Å². The number of carboxylic acid groups (broad SMARTS) is 1. The molecule has 8 nitrogen and oxygen atoms in total. The molecule has 3 atom stereocenters. The number of carbonyl (C=O) groups excluding carboxylic acids is 2. The number of halogens is 1. The van der Waals surface area contributed by atoms with Gasteiger partial charge in [0.05, 0.1) is 11.9 Å². The molecule has 10 heteroatoms. The number of aliphatic hydroxyl groups is 1. The zero-order chi connectivity index (χ0) is 24.9. The molecule has 3 amide bonds. The number of nitrogens with one attached hydrogen (secondary N) is 2. The van der Waals surface area contributed by atoms with Gasteiger partial charge in [-0.1, -0.05) is 60.1 Å². The van der Waals surface area contributed by atoms with E-state index in [0.29, 0.717) is 5.02 Å². The molecule has 1 fully saturated rings. The Kier molecular flexibility index (Phi) is 8.46. The first-order valence-electron chi connectivity index (χ1n) is 10.8. The SMILES string of the molecule is CC1(C)SCN(C(=O)[C@@H](O)[C@H](Cc2ccccc2)NC(=O)O)[C@@H]1C(=O)NCc1ccccc1Cl. The van der Waals surface area contributed by atoms with E-state index in [-0.39, 0.29) is 24.7 Å². The topological polar surface area (TPSA) is 119 Å². The first-order chi connectivity index (χ1) is 16.1. The molecule has 0 radical (unpaired) electrons. The molecule has 1 saturated heterocycles. The highest BCUT2D eigenvalue weighted by Crippen LogP contribution is 2.40. The molecule has 1 aliphatic heterocycles. The van der Waals surface area contributed by atoms with Gasteiger partial charge in [0.25, 0.3) is 5.91 Å². The van der Waals surface area contributed by atoms with Gasteiger partial charge in [0, 0.05) is 16.3 Å². The minimum Gasteiger partial charge on any atom is -0.465 e. The number of rotatable bonds is 8. The van der Waals surface area contributed by atoms with E-state index in [2.05, 4.69) is 10.6 Å². The van der Waals surface area contributed by atoms with Gasteiger partial charge in [-0.25, -0.2) is 4.79 Å². The van der Waals surface area contributed by atoms with Gasteiger partial charge in [0.15, 0.2) is 6.10 Å². The Bertz CT molecular complexity index is 1040. The summed E-state index contributed by atoms with van der Waals surface area (Å²) in [4.78, 5) is 39.2. The van der Waals surface area contributed by atoms with Crippen molar-refractivity contribution < 1.29 is 24.6 Å². The lowest BCUT2D eigenvalue weighted by atomic mass is 9.97. The predicted octanol–water partition coefficient (Wildman–Crippen LogP) is 2.88. The molecular weight excluding hydrogens is 478 g/mol. The molecule has 2 aromatic rings. The van der Waals surface area contributed by atoms with Crippen LogP contribution >= 0.6 is 23.4 Å². The van der Waals surface area contributed by atoms with Crippen LogP contribution in [-0.4, -0.2) is 61.8 Å². The molecular formula is C24H28ClN3O5S. The third kappa shape index (κ3) is 6.22. The first-order valence-corrected chi connectivity index (χ1v) is 12.1. The number of carbonyl (C=O) groups is 3. The molecule has 1 aliphatic rings. The van der Waals surface area contributed by atoms with Gasteiger partial charge in [0.1, 0.15) is 6.04 Å². The van der Waals surface area contributed by atoms with Crippen LogP contribution in [0.2, 0.25) is 5.02 Å². The van der Waals surface area contributed by atoms with Crippen molar-refractivity contribution in [3.8, 4) is 0 Å². The maximum absolute atomic E-state index is 13.3. The van der Waals surface area contributed by atoms with E-state index in [4.69, 9.17) is 11.6 Å². The summed E-state index contributed by atoms with van der Waals surface area (Å²) in [5.41, 5.74) is 1.51. The molecule has 3 rings (SSSR count). The minimum atomic E-state index is -1.66. The third-order valence-electron chi connectivity index (χ3n) is 5.73. The van der Waals surface area contributed by atoms with Crippen molar-refractivity contribution in [3.63, 3.8) is 0 Å². The lowest BCUT2D eigenvalue weighted by Gasteiger charge is -2.33. The van der Waals surface area contributed by atoms with Crippen molar-refractivity contribution in [1.29, 1.82) is 0 Å². The molecule has 34 heavy (non-hydrogen) atoms. The van der Waals surface area contributed by atoms with Crippen molar-refractivity contribution in [1.82, 2.24) is 15.5 Å². The van der Waals surface area contributed by atoms with Crippen LogP contribution in [0.3, 0.4) is 0 Å². The zero-order valence-corrected chi connectivity index (χ0v) is 20.5. The summed E-state index contributed by atoms with van der Waals surface area (Å²) in [5.74, 6) is -0.884. The van der Waals surface area contributed by atoms with E-state index in [1.807, 2.05) is 26.0 Å². The highest BCUT2D eigenvalue weighted by molar-refractivity contribution is 8.00. The fourth-order valence-corrected chi connectivity index (χ4v) is 5.29. The Balaban J connectivity index is 1.76. The molecule has 0 saturated carbocycles. The molecule has 4 N–H and O–H groups in total. The minimum absolute atomic E-state index is 0.119. The average molecular weight is 506 g/mol. The van der Waals surface area contributed by atoms with Crippen LogP contribution in [0.4, 0.5) is 4.79 Å². The lowest BCUT2D eigenvalue weighted by molar-refractivity contribution is -0.147.